The Morgan fingerprint density at radius 3 is 1.53 bits per heavy atom. The van der Waals surface area contributed by atoms with Crippen molar-refractivity contribution in [1.29, 1.82) is 0 Å². The minimum Gasteiger partial charge on any atom is -0.462 e. The normalized spacial score (nSPS) is 11.9. The van der Waals surface area contributed by atoms with Crippen LogP contribution in [-0.2, 0) is 14.3 Å². The summed E-state index contributed by atoms with van der Waals surface area (Å²) in [7, 11) is 4.00. The highest BCUT2D eigenvalue weighted by molar-refractivity contribution is 5.69. The molecule has 0 saturated heterocycles. The molecule has 0 atom stereocenters. The van der Waals surface area contributed by atoms with E-state index in [-0.39, 0.29) is 18.2 Å². The number of carbonyl (C=O) groups excluding carboxylic acids is 2. The first-order chi connectivity index (χ1) is 27.9. The first kappa shape index (κ1) is 55.1. The Bertz CT molecular complexity index is 892. The first-order valence-electron chi connectivity index (χ1n) is 24.7. The molecule has 0 aliphatic rings. The third kappa shape index (κ3) is 43.5. The van der Waals surface area contributed by atoms with E-state index in [9.17, 15) is 9.59 Å². The zero-order valence-corrected chi connectivity index (χ0v) is 38.8. The van der Waals surface area contributed by atoms with Crippen molar-refractivity contribution >= 4 is 12.1 Å². The van der Waals surface area contributed by atoms with Crippen LogP contribution in [0, 0.1) is 0 Å². The fourth-order valence-electron chi connectivity index (χ4n) is 7.31. The number of unbranched alkanes of at least 4 members (excludes halogenated alkanes) is 23. The lowest BCUT2D eigenvalue weighted by molar-refractivity contribution is -0.150. The van der Waals surface area contributed by atoms with Crippen molar-refractivity contribution in [3.05, 3.63) is 24.3 Å². The van der Waals surface area contributed by atoms with E-state index >= 15 is 0 Å². The number of likely N-dealkylation sites (N-methyl/N-ethyl adjacent to an activating group) is 1. The molecule has 1 amide bonds. The molecule has 0 fully saturated rings. The average molecular weight is 804 g/mol. The van der Waals surface area contributed by atoms with Gasteiger partial charge < -0.3 is 19.7 Å². The molecule has 336 valence electrons. The van der Waals surface area contributed by atoms with E-state index in [0.29, 0.717) is 19.6 Å². The quantitative estimate of drug-likeness (QED) is 0.0376. The fraction of sp³-hybridized carbons (Fsp3) is 0.880. The molecule has 0 unspecified atom stereocenters. The summed E-state index contributed by atoms with van der Waals surface area (Å²) < 4.78 is 11.6. The Labute approximate surface area is 355 Å². The molecule has 0 aromatic rings. The molecule has 1 N–H and O–H groups in total. The fourth-order valence-corrected chi connectivity index (χ4v) is 7.31. The van der Waals surface area contributed by atoms with Crippen molar-refractivity contribution in [3.8, 4) is 0 Å². The van der Waals surface area contributed by atoms with Crippen LogP contribution < -0.4 is 5.32 Å². The molecule has 0 saturated carbocycles. The Balaban J connectivity index is 4.43. The maximum atomic E-state index is 12.8. The van der Waals surface area contributed by atoms with Crippen LogP contribution in [0.4, 0.5) is 4.79 Å². The molecule has 0 aromatic heterocycles. The van der Waals surface area contributed by atoms with E-state index in [1.165, 1.54) is 154 Å². The van der Waals surface area contributed by atoms with Gasteiger partial charge in [0.15, 0.2) is 0 Å². The minimum absolute atomic E-state index is 0.0159. The summed E-state index contributed by atoms with van der Waals surface area (Å²) in [6, 6.07) is 0. The van der Waals surface area contributed by atoms with Gasteiger partial charge in [0, 0.05) is 26.1 Å². The summed E-state index contributed by atoms with van der Waals surface area (Å²) in [5.74, 6) is 0.0159. The summed E-state index contributed by atoms with van der Waals surface area (Å²) in [5, 5.41) is 2.85. The lowest BCUT2D eigenvalue weighted by atomic mass is 10.0. The maximum Gasteiger partial charge on any atom is 0.407 e. The molecule has 0 rings (SSSR count). The number of alkyl carbamates (subject to hydrolysis) is 1. The minimum atomic E-state index is -0.319. The lowest BCUT2D eigenvalue weighted by Gasteiger charge is -2.22. The summed E-state index contributed by atoms with van der Waals surface area (Å²) in [4.78, 5) is 29.5. The van der Waals surface area contributed by atoms with Crippen molar-refractivity contribution < 1.29 is 19.1 Å². The van der Waals surface area contributed by atoms with E-state index in [2.05, 4.69) is 55.3 Å². The largest absolute Gasteiger partial charge is 0.462 e. The number of carbonyl (C=O) groups is 2. The summed E-state index contributed by atoms with van der Waals surface area (Å²) in [6.45, 7) is 11.5. The third-order valence-electron chi connectivity index (χ3n) is 11.1. The summed E-state index contributed by atoms with van der Waals surface area (Å²) in [6.07, 6.45) is 47.7. The predicted octanol–water partition coefficient (Wildman–Crippen LogP) is 14.1. The number of ether oxygens (including phenoxy) is 2. The van der Waals surface area contributed by atoms with Gasteiger partial charge in [0.25, 0.3) is 0 Å². The van der Waals surface area contributed by atoms with Crippen LogP contribution in [0.3, 0.4) is 0 Å². The second-order valence-electron chi connectivity index (χ2n) is 17.0. The maximum absolute atomic E-state index is 12.8. The zero-order chi connectivity index (χ0) is 41.7. The second kappa shape index (κ2) is 45.2. The Hall–Kier alpha value is -1.86. The molecule has 0 aliphatic heterocycles. The van der Waals surface area contributed by atoms with E-state index in [1.54, 1.807) is 0 Å². The van der Waals surface area contributed by atoms with Crippen molar-refractivity contribution in [2.75, 3.05) is 53.4 Å². The monoisotopic (exact) mass is 804 g/mol. The smallest absolute Gasteiger partial charge is 0.407 e. The van der Waals surface area contributed by atoms with Crippen molar-refractivity contribution in [2.24, 2.45) is 0 Å². The molecule has 0 aromatic carbocycles. The van der Waals surface area contributed by atoms with Gasteiger partial charge in [-0.3, -0.25) is 9.69 Å². The average Bonchev–Trinajstić information content (AvgIpc) is 3.19. The molecule has 0 radical (unpaired) electrons. The SMILES string of the molecule is CCCCC/C=C\C/C=C\CCCCCCCCN(CCCCCCCC(=O)OC(CCCCCCCC)CCCCCCCC)CCOC(=O)NCCN(C)C. The number of nitrogens with zero attached hydrogens (tertiary/aromatic N) is 2. The predicted molar refractivity (Wildman–Crippen MR) is 247 cm³/mol. The van der Waals surface area contributed by atoms with Crippen LogP contribution in [0.2, 0.25) is 0 Å². The van der Waals surface area contributed by atoms with Gasteiger partial charge in [0.2, 0.25) is 0 Å². The van der Waals surface area contributed by atoms with Gasteiger partial charge in [-0.25, -0.2) is 4.79 Å². The van der Waals surface area contributed by atoms with Gasteiger partial charge in [-0.05, 0) is 104 Å². The van der Waals surface area contributed by atoms with Crippen molar-refractivity contribution in [1.82, 2.24) is 15.1 Å². The summed E-state index contributed by atoms with van der Waals surface area (Å²) >= 11 is 0. The number of rotatable bonds is 44. The van der Waals surface area contributed by atoms with Gasteiger partial charge in [-0.15, -0.1) is 0 Å². The van der Waals surface area contributed by atoms with Gasteiger partial charge in [0.1, 0.15) is 12.7 Å². The highest BCUT2D eigenvalue weighted by Gasteiger charge is 2.14. The van der Waals surface area contributed by atoms with E-state index < -0.39 is 0 Å². The second-order valence-corrected chi connectivity index (χ2v) is 17.0. The van der Waals surface area contributed by atoms with Crippen LogP contribution in [0.1, 0.15) is 226 Å². The Morgan fingerprint density at radius 1 is 0.526 bits per heavy atom. The van der Waals surface area contributed by atoms with E-state index in [1.807, 2.05) is 19.0 Å². The molecule has 7 heteroatoms. The van der Waals surface area contributed by atoms with Crippen LogP contribution in [0.5, 0.6) is 0 Å². The molecular weight excluding hydrogens is 707 g/mol. The third-order valence-corrected chi connectivity index (χ3v) is 11.1. The van der Waals surface area contributed by atoms with Gasteiger partial charge in [-0.2, -0.15) is 0 Å². The molecule has 0 bridgehead atoms. The van der Waals surface area contributed by atoms with Gasteiger partial charge in [0.05, 0.1) is 0 Å². The molecule has 0 spiro atoms. The number of esters is 1. The van der Waals surface area contributed by atoms with E-state index in [0.717, 1.165) is 71.1 Å². The van der Waals surface area contributed by atoms with Crippen molar-refractivity contribution in [2.45, 2.75) is 232 Å². The zero-order valence-electron chi connectivity index (χ0n) is 38.8. The standard InChI is InChI=1S/C50H97N3O4/c1-6-9-12-15-18-19-20-21-22-23-24-25-26-27-32-37-43-53(46-47-56-50(55)51-42-45-52(4)5)44-38-33-28-31-36-41-49(54)57-48(39-34-29-16-13-10-7-2)40-35-30-17-14-11-8-3/h18-19,21-22,48H,6-17,20,23-47H2,1-5H3,(H,51,55)/b19-18-,22-21-. The van der Waals surface area contributed by atoms with E-state index in [4.69, 9.17) is 9.47 Å². The number of hydrogen-bond donors (Lipinski definition) is 1. The van der Waals surface area contributed by atoms with Crippen molar-refractivity contribution in [3.63, 3.8) is 0 Å². The van der Waals surface area contributed by atoms with Crippen LogP contribution in [0.25, 0.3) is 0 Å². The van der Waals surface area contributed by atoms with Gasteiger partial charge in [-0.1, -0.05) is 167 Å². The van der Waals surface area contributed by atoms with Crippen LogP contribution in [-0.4, -0.2) is 81.4 Å². The molecule has 0 aliphatic carbocycles. The lowest BCUT2D eigenvalue weighted by Crippen LogP contribution is -2.35. The number of amides is 1. The number of hydrogen-bond acceptors (Lipinski definition) is 6. The number of allylic oxidation sites excluding steroid dienone is 4. The van der Waals surface area contributed by atoms with Crippen LogP contribution >= 0.6 is 0 Å². The Kier molecular flexibility index (Phi) is 43.8. The molecule has 57 heavy (non-hydrogen) atoms. The Morgan fingerprint density at radius 2 is 0.982 bits per heavy atom. The number of nitrogens with one attached hydrogen (secondary N) is 1. The molecule has 7 nitrogen and oxygen atoms in total. The summed E-state index contributed by atoms with van der Waals surface area (Å²) in [5.41, 5.74) is 0. The topological polar surface area (TPSA) is 71.1 Å². The van der Waals surface area contributed by atoms with Crippen LogP contribution in [0.15, 0.2) is 24.3 Å². The first-order valence-corrected chi connectivity index (χ1v) is 24.7. The highest BCUT2D eigenvalue weighted by Crippen LogP contribution is 2.18. The molecular formula is C50H97N3O4. The van der Waals surface area contributed by atoms with Gasteiger partial charge >= 0.3 is 12.1 Å². The highest BCUT2D eigenvalue weighted by atomic mass is 16.5. The molecule has 0 heterocycles.